The van der Waals surface area contributed by atoms with Crippen molar-refractivity contribution in [1.29, 1.82) is 0 Å². The van der Waals surface area contributed by atoms with Crippen molar-refractivity contribution < 1.29 is 0 Å². The molecule has 0 amide bonds. The second-order valence-electron chi connectivity index (χ2n) is 6.05. The second-order valence-corrected chi connectivity index (χ2v) is 7.04. The highest BCUT2D eigenvalue weighted by molar-refractivity contribution is 7.10. The number of piperidine rings is 1. The third kappa shape index (κ3) is 4.16. The summed E-state index contributed by atoms with van der Waals surface area (Å²) in [6.07, 6.45) is 2.67. The Morgan fingerprint density at radius 2 is 1.90 bits per heavy atom. The van der Waals surface area contributed by atoms with Crippen molar-refractivity contribution in [3.63, 3.8) is 0 Å². The van der Waals surface area contributed by atoms with E-state index < -0.39 is 0 Å². The van der Waals surface area contributed by atoms with Crippen LogP contribution >= 0.6 is 11.3 Å². The van der Waals surface area contributed by atoms with Crippen LogP contribution in [0.1, 0.15) is 17.7 Å². The standard InChI is InChI=1S/C18H24N2S/c1-20-9-7-15(8-10-20)12-19-13-18-11-17(14-21-18)16-5-3-2-4-6-16/h2-6,11,14-15,19H,7-10,12-13H2,1H3. The van der Waals surface area contributed by atoms with Gasteiger partial charge in [0.25, 0.3) is 0 Å². The molecule has 2 aromatic rings. The molecule has 1 saturated heterocycles. The van der Waals surface area contributed by atoms with Gasteiger partial charge in [-0.3, -0.25) is 0 Å². The number of hydrogen-bond acceptors (Lipinski definition) is 3. The van der Waals surface area contributed by atoms with Crippen molar-refractivity contribution in [2.24, 2.45) is 5.92 Å². The lowest BCUT2D eigenvalue weighted by Gasteiger charge is -2.28. The Bertz CT molecular complexity index is 541. The van der Waals surface area contributed by atoms with Crippen LogP contribution in [0, 0.1) is 5.92 Å². The van der Waals surface area contributed by atoms with Crippen LogP contribution in [0.5, 0.6) is 0 Å². The van der Waals surface area contributed by atoms with Crippen LogP contribution in [0.3, 0.4) is 0 Å². The van der Waals surface area contributed by atoms with Crippen molar-refractivity contribution in [2.75, 3.05) is 26.7 Å². The van der Waals surface area contributed by atoms with Crippen molar-refractivity contribution >= 4 is 11.3 Å². The minimum atomic E-state index is 0.856. The van der Waals surface area contributed by atoms with Gasteiger partial charge in [-0.2, -0.15) is 0 Å². The van der Waals surface area contributed by atoms with Gasteiger partial charge in [0.1, 0.15) is 0 Å². The predicted octanol–water partition coefficient (Wildman–Crippen LogP) is 3.85. The molecule has 0 saturated carbocycles. The number of rotatable bonds is 5. The fourth-order valence-corrected chi connectivity index (χ4v) is 3.78. The van der Waals surface area contributed by atoms with Gasteiger partial charge in [-0.15, -0.1) is 11.3 Å². The SMILES string of the molecule is CN1CCC(CNCc2cc(-c3ccccc3)cs2)CC1. The van der Waals surface area contributed by atoms with Gasteiger partial charge >= 0.3 is 0 Å². The molecule has 1 N–H and O–H groups in total. The molecular formula is C18H24N2S. The van der Waals surface area contributed by atoms with Crippen LogP contribution < -0.4 is 5.32 Å². The molecule has 1 aromatic heterocycles. The minimum absolute atomic E-state index is 0.856. The van der Waals surface area contributed by atoms with E-state index in [0.29, 0.717) is 0 Å². The van der Waals surface area contributed by atoms with Crippen molar-refractivity contribution in [2.45, 2.75) is 19.4 Å². The molecule has 2 nitrogen and oxygen atoms in total. The maximum Gasteiger partial charge on any atom is 0.0300 e. The highest BCUT2D eigenvalue weighted by Crippen LogP contribution is 2.25. The van der Waals surface area contributed by atoms with Crippen LogP contribution in [0.2, 0.25) is 0 Å². The summed E-state index contributed by atoms with van der Waals surface area (Å²) in [4.78, 5) is 3.86. The molecule has 2 heterocycles. The molecular weight excluding hydrogens is 276 g/mol. The van der Waals surface area contributed by atoms with Crippen molar-refractivity contribution in [3.05, 3.63) is 46.7 Å². The quantitative estimate of drug-likeness (QED) is 0.902. The first-order valence-corrected chi connectivity index (χ1v) is 8.71. The van der Waals surface area contributed by atoms with Crippen LogP contribution in [-0.2, 0) is 6.54 Å². The van der Waals surface area contributed by atoms with Gasteiger partial charge in [0.2, 0.25) is 0 Å². The summed E-state index contributed by atoms with van der Waals surface area (Å²) in [5, 5.41) is 5.91. The minimum Gasteiger partial charge on any atom is -0.312 e. The van der Waals surface area contributed by atoms with Crippen LogP contribution in [-0.4, -0.2) is 31.6 Å². The van der Waals surface area contributed by atoms with E-state index in [2.05, 4.69) is 59.0 Å². The molecule has 1 fully saturated rings. The average Bonchev–Trinajstić information content (AvgIpc) is 2.99. The molecule has 1 aliphatic rings. The molecule has 21 heavy (non-hydrogen) atoms. The van der Waals surface area contributed by atoms with Gasteiger partial charge in [-0.05, 0) is 68.0 Å². The largest absolute Gasteiger partial charge is 0.312 e. The summed E-state index contributed by atoms with van der Waals surface area (Å²) in [6, 6.07) is 13.0. The molecule has 0 radical (unpaired) electrons. The topological polar surface area (TPSA) is 15.3 Å². The molecule has 3 rings (SSSR count). The first-order chi connectivity index (χ1) is 10.3. The molecule has 1 aliphatic heterocycles. The summed E-state index contributed by atoms with van der Waals surface area (Å²) in [5.41, 5.74) is 2.66. The predicted molar refractivity (Wildman–Crippen MR) is 91.7 cm³/mol. The fourth-order valence-electron chi connectivity index (χ4n) is 2.92. The van der Waals surface area contributed by atoms with Crippen molar-refractivity contribution in [3.8, 4) is 11.1 Å². The molecule has 0 unspecified atom stereocenters. The normalized spacial score (nSPS) is 17.2. The Hall–Kier alpha value is -1.16. The molecule has 0 spiro atoms. The Morgan fingerprint density at radius 3 is 2.67 bits per heavy atom. The first kappa shape index (κ1) is 14.8. The van der Waals surface area contributed by atoms with E-state index in [1.165, 1.54) is 41.9 Å². The number of likely N-dealkylation sites (tertiary alicyclic amines) is 1. The number of nitrogens with zero attached hydrogens (tertiary/aromatic N) is 1. The lowest BCUT2D eigenvalue weighted by Crippen LogP contribution is -2.34. The number of thiophene rings is 1. The number of hydrogen-bond donors (Lipinski definition) is 1. The fraction of sp³-hybridized carbons (Fsp3) is 0.444. The molecule has 0 aliphatic carbocycles. The number of nitrogens with one attached hydrogen (secondary N) is 1. The van der Waals surface area contributed by atoms with E-state index in [-0.39, 0.29) is 0 Å². The van der Waals surface area contributed by atoms with Gasteiger partial charge in [0.05, 0.1) is 0 Å². The van der Waals surface area contributed by atoms with E-state index in [4.69, 9.17) is 0 Å². The van der Waals surface area contributed by atoms with Gasteiger partial charge < -0.3 is 10.2 Å². The zero-order chi connectivity index (χ0) is 14.5. The number of benzene rings is 1. The Kier molecular flexibility index (Phi) is 5.07. The van der Waals surface area contributed by atoms with E-state index in [1.807, 2.05) is 11.3 Å². The summed E-state index contributed by atoms with van der Waals surface area (Å²) in [6.45, 7) is 4.67. The van der Waals surface area contributed by atoms with Crippen LogP contribution in [0.15, 0.2) is 41.8 Å². The zero-order valence-corrected chi connectivity index (χ0v) is 13.5. The lowest BCUT2D eigenvalue weighted by atomic mass is 9.97. The van der Waals surface area contributed by atoms with Gasteiger partial charge in [-0.25, -0.2) is 0 Å². The van der Waals surface area contributed by atoms with Crippen LogP contribution in [0.25, 0.3) is 11.1 Å². The molecule has 112 valence electrons. The van der Waals surface area contributed by atoms with Gasteiger partial charge in [-0.1, -0.05) is 30.3 Å². The highest BCUT2D eigenvalue weighted by Gasteiger charge is 2.15. The van der Waals surface area contributed by atoms with Gasteiger partial charge in [0, 0.05) is 11.4 Å². The zero-order valence-electron chi connectivity index (χ0n) is 12.7. The third-order valence-electron chi connectivity index (χ3n) is 4.33. The second kappa shape index (κ2) is 7.21. The average molecular weight is 300 g/mol. The summed E-state index contributed by atoms with van der Waals surface area (Å²) < 4.78 is 0. The van der Waals surface area contributed by atoms with Gasteiger partial charge in [0.15, 0.2) is 0 Å². The van der Waals surface area contributed by atoms with Crippen LogP contribution in [0.4, 0.5) is 0 Å². The molecule has 1 aromatic carbocycles. The molecule has 0 bridgehead atoms. The van der Waals surface area contributed by atoms with Crippen molar-refractivity contribution in [1.82, 2.24) is 10.2 Å². The van der Waals surface area contributed by atoms with E-state index >= 15 is 0 Å². The molecule has 3 heteroatoms. The lowest BCUT2D eigenvalue weighted by molar-refractivity contribution is 0.216. The maximum atomic E-state index is 3.64. The maximum absolute atomic E-state index is 3.64. The molecule has 0 atom stereocenters. The van der Waals surface area contributed by atoms with E-state index in [9.17, 15) is 0 Å². The van der Waals surface area contributed by atoms with E-state index in [0.717, 1.165) is 19.0 Å². The first-order valence-electron chi connectivity index (χ1n) is 7.83. The summed E-state index contributed by atoms with van der Waals surface area (Å²) in [5.74, 6) is 0.856. The summed E-state index contributed by atoms with van der Waals surface area (Å²) in [7, 11) is 2.22. The smallest absolute Gasteiger partial charge is 0.0300 e. The summed E-state index contributed by atoms with van der Waals surface area (Å²) >= 11 is 1.86. The Morgan fingerprint density at radius 1 is 1.14 bits per heavy atom. The Balaban J connectivity index is 1.47. The third-order valence-corrected chi connectivity index (χ3v) is 5.27. The highest BCUT2D eigenvalue weighted by atomic mass is 32.1. The monoisotopic (exact) mass is 300 g/mol. The van der Waals surface area contributed by atoms with E-state index in [1.54, 1.807) is 0 Å². The Labute approximate surface area is 131 Å².